The lowest BCUT2D eigenvalue weighted by molar-refractivity contribution is -0.0817. The van der Waals surface area contributed by atoms with E-state index in [1.54, 1.807) is 6.20 Å². The Morgan fingerprint density at radius 2 is 2.00 bits per heavy atom. The second-order valence-electron chi connectivity index (χ2n) is 7.83. The van der Waals surface area contributed by atoms with E-state index in [1.165, 1.54) is 0 Å². The monoisotopic (exact) mass is 552 g/mol. The van der Waals surface area contributed by atoms with Crippen molar-refractivity contribution in [1.82, 2.24) is 15.2 Å². The van der Waals surface area contributed by atoms with Crippen LogP contribution in [0, 0.1) is 0 Å². The second kappa shape index (κ2) is 13.0. The van der Waals surface area contributed by atoms with Crippen molar-refractivity contribution in [1.29, 1.82) is 0 Å². The molecular weight excluding hydrogens is 519 g/mol. The van der Waals surface area contributed by atoms with E-state index in [1.807, 2.05) is 30.3 Å². The fourth-order valence-corrected chi connectivity index (χ4v) is 3.91. The smallest absolute Gasteiger partial charge is 0.194 e. The molecule has 2 fully saturated rings. The maximum absolute atomic E-state index is 5.98. The Labute approximate surface area is 207 Å². The van der Waals surface area contributed by atoms with Gasteiger partial charge in [0.25, 0.3) is 0 Å². The molecule has 0 radical (unpaired) electrons. The van der Waals surface area contributed by atoms with Crippen LogP contribution in [0.1, 0.15) is 31.0 Å². The predicted molar refractivity (Wildman–Crippen MR) is 136 cm³/mol. The van der Waals surface area contributed by atoms with Gasteiger partial charge in [0.2, 0.25) is 0 Å². The van der Waals surface area contributed by atoms with Gasteiger partial charge in [-0.3, -0.25) is 4.98 Å². The Bertz CT molecular complexity index is 829. The Kier molecular flexibility index (Phi) is 10.0. The van der Waals surface area contributed by atoms with Gasteiger partial charge in [0, 0.05) is 32.4 Å². The molecule has 1 aromatic carbocycles. The minimum absolute atomic E-state index is 0. The number of hydrogen-bond donors (Lipinski definition) is 1. The molecule has 2 aliphatic rings. The summed E-state index contributed by atoms with van der Waals surface area (Å²) < 4.78 is 17.6. The molecular formula is C24H33IN4O3. The van der Waals surface area contributed by atoms with Crippen LogP contribution in [-0.2, 0) is 22.6 Å². The van der Waals surface area contributed by atoms with E-state index >= 15 is 0 Å². The van der Waals surface area contributed by atoms with E-state index < -0.39 is 0 Å². The summed E-state index contributed by atoms with van der Waals surface area (Å²) >= 11 is 0. The van der Waals surface area contributed by atoms with Crippen molar-refractivity contribution in [3.63, 3.8) is 0 Å². The van der Waals surface area contributed by atoms with Crippen LogP contribution < -0.4 is 10.1 Å². The number of guanidine groups is 1. The highest BCUT2D eigenvalue weighted by Gasteiger charge is 2.32. The Morgan fingerprint density at radius 1 is 1.16 bits per heavy atom. The van der Waals surface area contributed by atoms with E-state index in [2.05, 4.69) is 34.3 Å². The quantitative estimate of drug-likeness (QED) is 0.322. The molecule has 0 aliphatic carbocycles. The summed E-state index contributed by atoms with van der Waals surface area (Å²) in [7, 11) is 0. The standard InChI is InChI=1S/C24H32N4O3.HI/c1-2-25-24(28-13-15-30-23(17-28)22-7-5-14-29-22)27-16-19-8-10-21(11-9-19)31-18-20-6-3-4-12-26-20;/h3-4,6,8-12,22-23H,2,5,7,13-18H2,1H3,(H,25,27);1H. The van der Waals surface area contributed by atoms with Gasteiger partial charge in [0.1, 0.15) is 18.5 Å². The normalized spacial score (nSPS) is 21.2. The lowest BCUT2D eigenvalue weighted by atomic mass is 10.1. The highest BCUT2D eigenvalue weighted by Crippen LogP contribution is 2.21. The van der Waals surface area contributed by atoms with Crippen molar-refractivity contribution in [2.24, 2.45) is 4.99 Å². The molecule has 0 spiro atoms. The van der Waals surface area contributed by atoms with Crippen molar-refractivity contribution in [3.05, 3.63) is 59.9 Å². The number of nitrogens with zero attached hydrogens (tertiary/aromatic N) is 3. The van der Waals surface area contributed by atoms with Gasteiger partial charge in [-0.25, -0.2) is 4.99 Å². The molecule has 1 aromatic heterocycles. The zero-order valence-corrected chi connectivity index (χ0v) is 20.9. The molecule has 2 atom stereocenters. The fraction of sp³-hybridized carbons (Fsp3) is 0.500. The average molecular weight is 552 g/mol. The minimum Gasteiger partial charge on any atom is -0.487 e. The highest BCUT2D eigenvalue weighted by atomic mass is 127. The molecule has 174 valence electrons. The maximum Gasteiger partial charge on any atom is 0.194 e. The summed E-state index contributed by atoms with van der Waals surface area (Å²) in [5, 5.41) is 3.43. The summed E-state index contributed by atoms with van der Waals surface area (Å²) in [4.78, 5) is 11.5. The third-order valence-electron chi connectivity index (χ3n) is 5.56. The molecule has 4 rings (SSSR count). The largest absolute Gasteiger partial charge is 0.487 e. The Hall–Kier alpha value is -1.91. The Morgan fingerprint density at radius 3 is 2.72 bits per heavy atom. The molecule has 2 saturated heterocycles. The molecule has 2 aromatic rings. The molecule has 32 heavy (non-hydrogen) atoms. The number of morpholine rings is 1. The topological polar surface area (TPSA) is 68.2 Å². The van der Waals surface area contributed by atoms with Crippen molar-refractivity contribution in [2.45, 2.75) is 45.1 Å². The molecule has 7 nitrogen and oxygen atoms in total. The van der Waals surface area contributed by atoms with Crippen LogP contribution in [0.4, 0.5) is 0 Å². The van der Waals surface area contributed by atoms with Gasteiger partial charge in [-0.1, -0.05) is 18.2 Å². The van der Waals surface area contributed by atoms with Crippen molar-refractivity contribution < 1.29 is 14.2 Å². The van der Waals surface area contributed by atoms with Crippen LogP contribution in [0.5, 0.6) is 5.75 Å². The fourth-order valence-electron chi connectivity index (χ4n) is 3.91. The number of nitrogens with one attached hydrogen (secondary N) is 1. The number of pyridine rings is 1. The molecule has 0 amide bonds. The lowest BCUT2D eigenvalue weighted by Gasteiger charge is -2.37. The third-order valence-corrected chi connectivity index (χ3v) is 5.56. The Balaban J connectivity index is 0.00000289. The highest BCUT2D eigenvalue weighted by molar-refractivity contribution is 14.0. The van der Waals surface area contributed by atoms with Crippen molar-refractivity contribution in [2.75, 3.05) is 32.8 Å². The van der Waals surface area contributed by atoms with E-state index in [-0.39, 0.29) is 36.2 Å². The van der Waals surface area contributed by atoms with E-state index in [4.69, 9.17) is 19.2 Å². The first-order chi connectivity index (χ1) is 15.3. The first-order valence-corrected chi connectivity index (χ1v) is 11.2. The van der Waals surface area contributed by atoms with Gasteiger partial charge in [0.15, 0.2) is 5.96 Å². The number of hydrogen-bond acceptors (Lipinski definition) is 5. The first-order valence-electron chi connectivity index (χ1n) is 11.2. The summed E-state index contributed by atoms with van der Waals surface area (Å²) in [5.74, 6) is 1.77. The predicted octanol–water partition coefficient (Wildman–Crippen LogP) is 3.62. The number of aromatic nitrogens is 1. The molecule has 2 aliphatic heterocycles. The summed E-state index contributed by atoms with van der Waals surface area (Å²) in [6, 6.07) is 13.9. The summed E-state index contributed by atoms with van der Waals surface area (Å²) in [6.07, 6.45) is 4.32. The number of benzene rings is 1. The molecule has 2 unspecified atom stereocenters. The maximum atomic E-state index is 5.98. The molecule has 8 heteroatoms. The van der Waals surface area contributed by atoms with Gasteiger partial charge in [-0.15, -0.1) is 24.0 Å². The molecule has 3 heterocycles. The van der Waals surface area contributed by atoms with Gasteiger partial charge in [-0.2, -0.15) is 0 Å². The second-order valence-corrected chi connectivity index (χ2v) is 7.83. The van der Waals surface area contributed by atoms with Gasteiger partial charge in [0.05, 0.1) is 24.9 Å². The van der Waals surface area contributed by atoms with Crippen LogP contribution in [0.3, 0.4) is 0 Å². The SMILES string of the molecule is CCNC(=NCc1ccc(OCc2ccccn2)cc1)N1CCOC(C2CCCO2)C1.I. The third kappa shape index (κ3) is 7.05. The van der Waals surface area contributed by atoms with E-state index in [0.29, 0.717) is 19.8 Å². The zero-order valence-electron chi connectivity index (χ0n) is 18.6. The van der Waals surface area contributed by atoms with E-state index in [0.717, 1.165) is 62.0 Å². The molecule has 1 N–H and O–H groups in total. The average Bonchev–Trinajstić information content (AvgIpc) is 3.37. The minimum atomic E-state index is 0. The van der Waals surface area contributed by atoms with Gasteiger partial charge < -0.3 is 24.4 Å². The van der Waals surface area contributed by atoms with Crippen LogP contribution in [-0.4, -0.2) is 60.9 Å². The number of ether oxygens (including phenoxy) is 3. The van der Waals surface area contributed by atoms with Gasteiger partial charge >= 0.3 is 0 Å². The van der Waals surface area contributed by atoms with Crippen LogP contribution in [0.2, 0.25) is 0 Å². The van der Waals surface area contributed by atoms with Crippen molar-refractivity contribution in [3.8, 4) is 5.75 Å². The number of rotatable bonds is 7. The summed E-state index contributed by atoms with van der Waals surface area (Å²) in [6.45, 7) is 7.22. The zero-order chi connectivity index (χ0) is 21.3. The summed E-state index contributed by atoms with van der Waals surface area (Å²) in [5.41, 5.74) is 2.06. The van der Waals surface area contributed by atoms with Crippen molar-refractivity contribution >= 4 is 29.9 Å². The van der Waals surface area contributed by atoms with Gasteiger partial charge in [-0.05, 0) is 49.6 Å². The first kappa shape index (κ1) is 24.7. The van der Waals surface area contributed by atoms with Crippen LogP contribution in [0.25, 0.3) is 0 Å². The number of halogens is 1. The lowest BCUT2D eigenvalue weighted by Crippen LogP contribution is -2.53. The molecule has 0 saturated carbocycles. The molecule has 0 bridgehead atoms. The van der Waals surface area contributed by atoms with E-state index in [9.17, 15) is 0 Å². The van der Waals surface area contributed by atoms with Crippen LogP contribution in [0.15, 0.2) is 53.7 Å². The number of aliphatic imine (C=N–C) groups is 1. The van der Waals surface area contributed by atoms with Crippen LogP contribution >= 0.6 is 24.0 Å².